The minimum Gasteiger partial charge on any atom is -0.481 e. The van der Waals surface area contributed by atoms with Gasteiger partial charge < -0.3 is 29.2 Å². The number of ether oxygens (including phenoxy) is 4. The number of piperidine rings is 1. The van der Waals surface area contributed by atoms with Gasteiger partial charge in [-0.1, -0.05) is 0 Å². The minimum atomic E-state index is -0.665. The fraction of sp³-hybridized carbons (Fsp3) is 0.741. The zero-order valence-corrected chi connectivity index (χ0v) is 22.3. The predicted molar refractivity (Wildman–Crippen MR) is 134 cm³/mol. The number of hydrogen-bond acceptors (Lipinski definition) is 7. The van der Waals surface area contributed by atoms with Crippen LogP contribution in [-0.2, 0) is 19.0 Å². The molecular weight excluding hydrogens is 462 g/mol. The molecule has 200 valence electrons. The molecule has 2 saturated heterocycles. The second-order valence-corrected chi connectivity index (χ2v) is 11.3. The van der Waals surface area contributed by atoms with Crippen molar-refractivity contribution in [3.63, 3.8) is 0 Å². The van der Waals surface area contributed by atoms with Crippen molar-refractivity contribution in [1.29, 1.82) is 0 Å². The van der Waals surface area contributed by atoms with E-state index in [1.54, 1.807) is 18.2 Å². The number of hydrogen-bond donors (Lipinski definition) is 1. The zero-order chi connectivity index (χ0) is 25.9. The summed E-state index contributed by atoms with van der Waals surface area (Å²) in [5.74, 6) is 0.946. The molecule has 9 nitrogen and oxygen atoms in total. The second-order valence-electron chi connectivity index (χ2n) is 11.3. The molecule has 1 N–H and O–H groups in total. The molecule has 3 aliphatic rings. The third kappa shape index (κ3) is 5.94. The van der Waals surface area contributed by atoms with Crippen molar-refractivity contribution in [2.75, 3.05) is 33.5 Å². The Morgan fingerprint density at radius 1 is 1.28 bits per heavy atom. The molecule has 0 unspecified atom stereocenters. The zero-order valence-electron chi connectivity index (χ0n) is 22.3. The Morgan fingerprint density at radius 3 is 2.69 bits per heavy atom. The highest BCUT2D eigenvalue weighted by Crippen LogP contribution is 2.40. The molecule has 2 atom stereocenters. The Kier molecular flexibility index (Phi) is 8.09. The molecule has 4 rings (SSSR count). The molecule has 2 amide bonds. The van der Waals surface area contributed by atoms with Crippen LogP contribution in [0, 0.1) is 6.92 Å². The number of nitrogens with one attached hydrogen (secondary N) is 1. The molecule has 0 bridgehead atoms. The first kappa shape index (κ1) is 26.7. The van der Waals surface area contributed by atoms with Crippen LogP contribution < -0.4 is 10.1 Å². The van der Waals surface area contributed by atoms with E-state index in [-0.39, 0.29) is 30.8 Å². The van der Waals surface area contributed by atoms with Crippen molar-refractivity contribution in [3.05, 3.63) is 23.4 Å². The summed E-state index contributed by atoms with van der Waals surface area (Å²) in [6.07, 6.45) is 6.79. The average molecular weight is 504 g/mol. The topological polar surface area (TPSA) is 99.2 Å². The van der Waals surface area contributed by atoms with Gasteiger partial charge in [-0.2, -0.15) is 0 Å². The van der Waals surface area contributed by atoms with E-state index < -0.39 is 11.1 Å². The molecule has 2 aliphatic heterocycles. The summed E-state index contributed by atoms with van der Waals surface area (Å²) < 4.78 is 23.4. The van der Waals surface area contributed by atoms with Crippen molar-refractivity contribution in [2.45, 2.75) is 95.4 Å². The van der Waals surface area contributed by atoms with Gasteiger partial charge in [0.05, 0.1) is 38.0 Å². The number of aryl methyl sites for hydroxylation is 1. The minimum absolute atomic E-state index is 0.0446. The molecule has 0 radical (unpaired) electrons. The summed E-state index contributed by atoms with van der Waals surface area (Å²) in [6.45, 7) is 8.98. The van der Waals surface area contributed by atoms with Crippen LogP contribution in [0.25, 0.3) is 0 Å². The third-order valence-corrected chi connectivity index (χ3v) is 7.58. The molecule has 0 aromatic carbocycles. The van der Waals surface area contributed by atoms with Crippen molar-refractivity contribution >= 4 is 12.0 Å². The maximum atomic E-state index is 13.2. The first-order valence-corrected chi connectivity index (χ1v) is 13.1. The lowest BCUT2D eigenvalue weighted by Gasteiger charge is -2.51. The van der Waals surface area contributed by atoms with Gasteiger partial charge in [-0.3, -0.25) is 4.79 Å². The summed E-state index contributed by atoms with van der Waals surface area (Å²) in [6, 6.07) is 1.68. The van der Waals surface area contributed by atoms with Crippen LogP contribution >= 0.6 is 0 Å². The largest absolute Gasteiger partial charge is 0.481 e. The molecule has 1 saturated carbocycles. The van der Waals surface area contributed by atoms with Gasteiger partial charge in [0.1, 0.15) is 12.2 Å². The van der Waals surface area contributed by atoms with Gasteiger partial charge in [0.2, 0.25) is 11.8 Å². The fourth-order valence-electron chi connectivity index (χ4n) is 5.91. The van der Waals surface area contributed by atoms with E-state index in [2.05, 4.69) is 17.2 Å². The lowest BCUT2D eigenvalue weighted by Crippen LogP contribution is -2.72. The number of methoxy groups -OCH3 is 1. The van der Waals surface area contributed by atoms with Crippen LogP contribution in [0.15, 0.2) is 12.3 Å². The lowest BCUT2D eigenvalue weighted by molar-refractivity contribution is -0.144. The van der Waals surface area contributed by atoms with Gasteiger partial charge in [0.15, 0.2) is 0 Å². The molecule has 1 aromatic rings. The van der Waals surface area contributed by atoms with Gasteiger partial charge in [0.25, 0.3) is 0 Å². The van der Waals surface area contributed by atoms with Crippen molar-refractivity contribution < 1.29 is 28.5 Å². The maximum Gasteiger partial charge on any atom is 0.410 e. The SMILES string of the molecule is COc1nccc(C)c1C1CCC(OC[C@H]2N(C(=O)OC(C)(C)C)CCC[C@@]23COCC(=O)N3)CC1. The highest BCUT2D eigenvalue weighted by Gasteiger charge is 2.50. The van der Waals surface area contributed by atoms with Crippen molar-refractivity contribution in [1.82, 2.24) is 15.2 Å². The van der Waals surface area contributed by atoms with Crippen LogP contribution in [0.4, 0.5) is 4.79 Å². The maximum absolute atomic E-state index is 13.2. The number of rotatable bonds is 5. The number of amides is 2. The van der Waals surface area contributed by atoms with Gasteiger partial charge >= 0.3 is 6.09 Å². The number of pyridine rings is 1. The molecule has 3 fully saturated rings. The van der Waals surface area contributed by atoms with Crippen LogP contribution in [0.5, 0.6) is 5.88 Å². The highest BCUT2D eigenvalue weighted by atomic mass is 16.6. The van der Waals surface area contributed by atoms with E-state index in [1.165, 1.54) is 11.1 Å². The summed E-state index contributed by atoms with van der Waals surface area (Å²) in [4.78, 5) is 31.6. The summed E-state index contributed by atoms with van der Waals surface area (Å²) in [5.41, 5.74) is 1.13. The van der Waals surface area contributed by atoms with Crippen LogP contribution in [0.2, 0.25) is 0 Å². The molecule has 1 aromatic heterocycles. The Morgan fingerprint density at radius 2 is 2.03 bits per heavy atom. The molecule has 9 heteroatoms. The normalized spacial score (nSPS) is 29.1. The molecule has 36 heavy (non-hydrogen) atoms. The third-order valence-electron chi connectivity index (χ3n) is 7.58. The highest BCUT2D eigenvalue weighted by molar-refractivity contribution is 5.79. The second kappa shape index (κ2) is 10.9. The summed E-state index contributed by atoms with van der Waals surface area (Å²) in [7, 11) is 1.67. The number of nitrogens with zero attached hydrogens (tertiary/aromatic N) is 2. The molecule has 3 heterocycles. The monoisotopic (exact) mass is 503 g/mol. The van der Waals surface area contributed by atoms with E-state index in [1.807, 2.05) is 26.8 Å². The van der Waals surface area contributed by atoms with Gasteiger partial charge in [-0.15, -0.1) is 0 Å². The van der Waals surface area contributed by atoms with E-state index in [0.717, 1.165) is 38.5 Å². The summed E-state index contributed by atoms with van der Waals surface area (Å²) >= 11 is 0. The van der Waals surface area contributed by atoms with Crippen LogP contribution in [0.3, 0.4) is 0 Å². The van der Waals surface area contributed by atoms with Gasteiger partial charge in [-0.25, -0.2) is 9.78 Å². The standard InChI is InChI=1S/C27H41N3O6/c1-18-11-13-28-24(33-5)23(18)19-7-9-20(10-8-19)35-15-21-27(17-34-16-22(31)29-27)12-6-14-30(21)25(32)36-26(2,3)4/h11,13,19-21H,6-10,12,14-17H2,1-5H3,(H,29,31)/t19?,20?,21-,27-/m1/s1. The Labute approximate surface area is 214 Å². The van der Waals surface area contributed by atoms with Gasteiger partial charge in [0, 0.05) is 18.3 Å². The number of aromatic nitrogens is 1. The van der Waals surface area contributed by atoms with E-state index in [4.69, 9.17) is 18.9 Å². The number of carbonyl (C=O) groups excluding carboxylic acids is 2. The van der Waals surface area contributed by atoms with E-state index in [9.17, 15) is 9.59 Å². The van der Waals surface area contributed by atoms with Crippen LogP contribution in [0.1, 0.15) is 76.3 Å². The smallest absolute Gasteiger partial charge is 0.410 e. The first-order chi connectivity index (χ1) is 17.1. The number of likely N-dealkylation sites (tertiary alicyclic amines) is 1. The Balaban J connectivity index is 1.44. The Bertz CT molecular complexity index is 936. The van der Waals surface area contributed by atoms with E-state index in [0.29, 0.717) is 31.6 Å². The molecular formula is C27H41N3O6. The molecule has 1 spiro atoms. The van der Waals surface area contributed by atoms with E-state index >= 15 is 0 Å². The lowest BCUT2D eigenvalue weighted by atomic mass is 9.80. The predicted octanol–water partition coefficient (Wildman–Crippen LogP) is 3.73. The van der Waals surface area contributed by atoms with Crippen molar-refractivity contribution in [2.24, 2.45) is 0 Å². The number of morpholine rings is 1. The van der Waals surface area contributed by atoms with Gasteiger partial charge in [-0.05, 0) is 83.8 Å². The van der Waals surface area contributed by atoms with Crippen molar-refractivity contribution in [3.8, 4) is 5.88 Å². The molecule has 1 aliphatic carbocycles. The number of carbonyl (C=O) groups is 2. The fourth-order valence-corrected chi connectivity index (χ4v) is 5.91. The first-order valence-electron chi connectivity index (χ1n) is 13.1. The van der Waals surface area contributed by atoms with Crippen LogP contribution in [-0.4, -0.2) is 78.6 Å². The quantitative estimate of drug-likeness (QED) is 0.654. The average Bonchev–Trinajstić information content (AvgIpc) is 2.82. The Hall–Kier alpha value is -2.39. The summed E-state index contributed by atoms with van der Waals surface area (Å²) in [5, 5.41) is 3.15.